The molecular weight excluding hydrogens is 264 g/mol. The Labute approximate surface area is 125 Å². The van der Waals surface area contributed by atoms with Gasteiger partial charge in [-0.05, 0) is 61.3 Å². The van der Waals surface area contributed by atoms with Crippen LogP contribution < -0.4 is 5.32 Å². The SMILES string of the molecule is CCSc1cccc(NCC(C2CC2)C2CC2)c1C#N. The van der Waals surface area contributed by atoms with Crippen LogP contribution in [-0.2, 0) is 0 Å². The maximum absolute atomic E-state index is 9.43. The minimum atomic E-state index is 0.824. The standard InChI is InChI=1S/C17H22N2S/c1-2-20-17-5-3-4-16(14(17)10-18)19-11-15(12-6-7-12)13-8-9-13/h3-5,12-13,15,19H,2,6-9,11H2,1H3. The van der Waals surface area contributed by atoms with E-state index in [-0.39, 0.29) is 0 Å². The van der Waals surface area contributed by atoms with Crippen LogP contribution in [0.4, 0.5) is 5.69 Å². The van der Waals surface area contributed by atoms with Gasteiger partial charge in [-0.25, -0.2) is 0 Å². The first-order valence-electron chi connectivity index (χ1n) is 7.73. The summed E-state index contributed by atoms with van der Waals surface area (Å²) in [6.45, 7) is 3.17. The maximum Gasteiger partial charge on any atom is 0.102 e. The maximum atomic E-state index is 9.43. The minimum Gasteiger partial charge on any atom is -0.384 e. The molecule has 0 saturated heterocycles. The van der Waals surface area contributed by atoms with Gasteiger partial charge in [0.25, 0.3) is 0 Å². The fraction of sp³-hybridized carbons (Fsp3) is 0.588. The molecule has 3 heteroatoms. The third kappa shape index (κ3) is 3.12. The van der Waals surface area contributed by atoms with Crippen molar-refractivity contribution in [2.45, 2.75) is 37.5 Å². The second kappa shape index (κ2) is 6.10. The van der Waals surface area contributed by atoms with E-state index in [0.717, 1.165) is 46.2 Å². The molecule has 0 unspecified atom stereocenters. The molecule has 106 valence electrons. The van der Waals surface area contributed by atoms with Crippen LogP contribution in [0.25, 0.3) is 0 Å². The van der Waals surface area contributed by atoms with E-state index in [1.807, 2.05) is 0 Å². The average Bonchev–Trinajstić information content (AvgIpc) is 3.33. The summed E-state index contributed by atoms with van der Waals surface area (Å²) in [6, 6.07) is 8.54. The topological polar surface area (TPSA) is 35.8 Å². The van der Waals surface area contributed by atoms with Gasteiger partial charge in [-0.1, -0.05) is 13.0 Å². The highest BCUT2D eigenvalue weighted by atomic mass is 32.2. The molecular formula is C17H22N2S. The predicted molar refractivity (Wildman–Crippen MR) is 85.0 cm³/mol. The fourth-order valence-electron chi connectivity index (χ4n) is 3.06. The summed E-state index contributed by atoms with van der Waals surface area (Å²) in [4.78, 5) is 1.11. The van der Waals surface area contributed by atoms with Crippen molar-refractivity contribution in [1.29, 1.82) is 5.26 Å². The van der Waals surface area contributed by atoms with Gasteiger partial charge < -0.3 is 5.32 Å². The van der Waals surface area contributed by atoms with Crippen molar-refractivity contribution in [1.82, 2.24) is 0 Å². The summed E-state index contributed by atoms with van der Waals surface area (Å²) in [5.41, 5.74) is 1.85. The van der Waals surface area contributed by atoms with Gasteiger partial charge in [-0.15, -0.1) is 11.8 Å². The molecule has 2 aliphatic carbocycles. The van der Waals surface area contributed by atoms with Crippen molar-refractivity contribution in [3.8, 4) is 6.07 Å². The summed E-state index contributed by atoms with van der Waals surface area (Å²) in [6.07, 6.45) is 5.67. The Morgan fingerprint density at radius 1 is 1.30 bits per heavy atom. The van der Waals surface area contributed by atoms with Gasteiger partial charge in [0.15, 0.2) is 0 Å². The quantitative estimate of drug-likeness (QED) is 0.749. The zero-order chi connectivity index (χ0) is 13.9. The first-order valence-corrected chi connectivity index (χ1v) is 8.71. The Morgan fingerprint density at radius 2 is 2.00 bits per heavy atom. The van der Waals surface area contributed by atoms with Crippen LogP contribution in [0.3, 0.4) is 0 Å². The highest BCUT2D eigenvalue weighted by Gasteiger charge is 2.41. The molecule has 1 aromatic carbocycles. The van der Waals surface area contributed by atoms with E-state index in [1.165, 1.54) is 25.7 Å². The smallest absolute Gasteiger partial charge is 0.102 e. The van der Waals surface area contributed by atoms with E-state index in [9.17, 15) is 5.26 Å². The lowest BCUT2D eigenvalue weighted by Gasteiger charge is -2.18. The Bertz CT molecular complexity index is 500. The Balaban J connectivity index is 1.69. The van der Waals surface area contributed by atoms with Crippen LogP contribution in [0, 0.1) is 29.1 Å². The molecule has 0 radical (unpaired) electrons. The van der Waals surface area contributed by atoms with Gasteiger partial charge in [-0.2, -0.15) is 5.26 Å². The highest BCUT2D eigenvalue weighted by Crippen LogP contribution is 2.49. The van der Waals surface area contributed by atoms with E-state index in [4.69, 9.17) is 0 Å². The molecule has 0 aromatic heterocycles. The molecule has 2 aliphatic rings. The number of hydrogen-bond donors (Lipinski definition) is 1. The fourth-order valence-corrected chi connectivity index (χ4v) is 3.85. The van der Waals surface area contributed by atoms with Crippen LogP contribution in [0.1, 0.15) is 38.2 Å². The molecule has 1 N–H and O–H groups in total. The first kappa shape index (κ1) is 13.8. The third-order valence-electron chi connectivity index (χ3n) is 4.42. The van der Waals surface area contributed by atoms with Crippen molar-refractivity contribution >= 4 is 17.4 Å². The lowest BCUT2D eigenvalue weighted by molar-refractivity contribution is 0.428. The molecule has 2 fully saturated rings. The van der Waals surface area contributed by atoms with Crippen LogP contribution in [0.5, 0.6) is 0 Å². The van der Waals surface area contributed by atoms with Crippen molar-refractivity contribution in [3.05, 3.63) is 23.8 Å². The van der Waals surface area contributed by atoms with Crippen molar-refractivity contribution < 1.29 is 0 Å². The summed E-state index contributed by atoms with van der Waals surface area (Å²) < 4.78 is 0. The average molecular weight is 286 g/mol. The molecule has 20 heavy (non-hydrogen) atoms. The molecule has 0 aliphatic heterocycles. The Kier molecular flexibility index (Phi) is 4.21. The monoisotopic (exact) mass is 286 g/mol. The van der Waals surface area contributed by atoms with Crippen LogP contribution in [-0.4, -0.2) is 12.3 Å². The van der Waals surface area contributed by atoms with Gasteiger partial charge >= 0.3 is 0 Å². The van der Waals surface area contributed by atoms with Crippen molar-refractivity contribution in [2.24, 2.45) is 17.8 Å². The van der Waals surface area contributed by atoms with Crippen LogP contribution in [0.15, 0.2) is 23.1 Å². The Hall–Kier alpha value is -1.14. The summed E-state index contributed by atoms with van der Waals surface area (Å²) >= 11 is 1.75. The molecule has 2 saturated carbocycles. The number of nitrogens with zero attached hydrogens (tertiary/aromatic N) is 1. The number of anilines is 1. The number of thioether (sulfide) groups is 1. The number of hydrogen-bond acceptors (Lipinski definition) is 3. The van der Waals surface area contributed by atoms with Crippen LogP contribution in [0.2, 0.25) is 0 Å². The van der Waals surface area contributed by atoms with Gasteiger partial charge in [0.2, 0.25) is 0 Å². The van der Waals surface area contributed by atoms with Gasteiger partial charge in [0.1, 0.15) is 6.07 Å². The molecule has 3 rings (SSSR count). The molecule has 0 atom stereocenters. The van der Waals surface area contributed by atoms with E-state index >= 15 is 0 Å². The first-order chi connectivity index (χ1) is 9.83. The van der Waals surface area contributed by atoms with Crippen molar-refractivity contribution in [2.75, 3.05) is 17.6 Å². The molecule has 0 amide bonds. The van der Waals surface area contributed by atoms with E-state index in [2.05, 4.69) is 36.5 Å². The lowest BCUT2D eigenvalue weighted by atomic mass is 9.97. The molecule has 0 spiro atoms. The molecule has 1 aromatic rings. The predicted octanol–water partition coefficient (Wildman–Crippen LogP) is 4.52. The zero-order valence-electron chi connectivity index (χ0n) is 12.1. The number of benzene rings is 1. The third-order valence-corrected chi connectivity index (χ3v) is 5.36. The minimum absolute atomic E-state index is 0.824. The molecule has 2 nitrogen and oxygen atoms in total. The summed E-state index contributed by atoms with van der Waals surface area (Å²) in [5, 5.41) is 13.0. The number of rotatable bonds is 7. The van der Waals surface area contributed by atoms with E-state index < -0.39 is 0 Å². The molecule has 0 bridgehead atoms. The number of nitriles is 1. The van der Waals surface area contributed by atoms with Crippen LogP contribution >= 0.6 is 11.8 Å². The lowest BCUT2D eigenvalue weighted by Crippen LogP contribution is -2.18. The summed E-state index contributed by atoms with van der Waals surface area (Å²) in [5.74, 6) is 3.75. The second-order valence-corrected chi connectivity index (χ2v) is 7.25. The zero-order valence-corrected chi connectivity index (χ0v) is 12.9. The van der Waals surface area contributed by atoms with Crippen molar-refractivity contribution in [3.63, 3.8) is 0 Å². The van der Waals surface area contributed by atoms with E-state index in [1.54, 1.807) is 11.8 Å². The second-order valence-electron chi connectivity index (χ2n) is 5.94. The summed E-state index contributed by atoms with van der Waals surface area (Å²) in [7, 11) is 0. The van der Waals surface area contributed by atoms with E-state index in [0.29, 0.717) is 0 Å². The molecule has 0 heterocycles. The highest BCUT2D eigenvalue weighted by molar-refractivity contribution is 7.99. The van der Waals surface area contributed by atoms with Gasteiger partial charge in [-0.3, -0.25) is 0 Å². The Morgan fingerprint density at radius 3 is 2.55 bits per heavy atom. The van der Waals surface area contributed by atoms with Gasteiger partial charge in [0.05, 0.1) is 11.3 Å². The largest absolute Gasteiger partial charge is 0.384 e. The van der Waals surface area contributed by atoms with Gasteiger partial charge in [0, 0.05) is 11.4 Å². The normalized spacial score (nSPS) is 18.1. The number of nitrogens with one attached hydrogen (secondary N) is 1.